The predicted molar refractivity (Wildman–Crippen MR) is 70.1 cm³/mol. The van der Waals surface area contributed by atoms with Crippen LogP contribution < -0.4 is 10.2 Å². The summed E-state index contributed by atoms with van der Waals surface area (Å²) in [6, 6.07) is 8.07. The second kappa shape index (κ2) is 4.28. The Bertz CT molecular complexity index is 463. The molecular weight excluding hydrogens is 228 g/mol. The molecule has 0 radical (unpaired) electrons. The van der Waals surface area contributed by atoms with Crippen LogP contribution in [0.5, 0.6) is 0 Å². The molecule has 2 fully saturated rings. The zero-order valence-electron chi connectivity index (χ0n) is 10.4. The van der Waals surface area contributed by atoms with Crippen molar-refractivity contribution >= 4 is 11.7 Å². The van der Waals surface area contributed by atoms with Crippen molar-refractivity contribution in [2.45, 2.75) is 18.3 Å². The van der Waals surface area contributed by atoms with E-state index in [0.717, 1.165) is 50.3 Å². The first-order chi connectivity index (χ1) is 8.72. The van der Waals surface area contributed by atoms with Crippen LogP contribution in [0.25, 0.3) is 0 Å². The standard InChI is InChI=1S/C14H18N2O2/c17-13(18)14(4-5-14)11-2-1-3-12(10-11)16-8-6-15-7-9-16/h1-3,10,15H,4-9H2,(H,17,18). The molecule has 0 atom stereocenters. The molecule has 2 aliphatic rings. The summed E-state index contributed by atoms with van der Waals surface area (Å²) < 4.78 is 0. The van der Waals surface area contributed by atoms with E-state index in [1.54, 1.807) is 0 Å². The van der Waals surface area contributed by atoms with E-state index >= 15 is 0 Å². The number of rotatable bonds is 3. The Morgan fingerprint density at radius 2 is 2.00 bits per heavy atom. The van der Waals surface area contributed by atoms with E-state index in [2.05, 4.69) is 22.3 Å². The van der Waals surface area contributed by atoms with Crippen LogP contribution in [0.4, 0.5) is 5.69 Å². The topological polar surface area (TPSA) is 52.6 Å². The van der Waals surface area contributed by atoms with Crippen LogP contribution in [-0.2, 0) is 10.2 Å². The predicted octanol–water partition coefficient (Wildman–Crippen LogP) is 1.21. The fraction of sp³-hybridized carbons (Fsp3) is 0.500. The molecule has 2 N–H and O–H groups in total. The van der Waals surface area contributed by atoms with Crippen LogP contribution in [0.15, 0.2) is 24.3 Å². The van der Waals surface area contributed by atoms with Gasteiger partial charge in [-0.25, -0.2) is 0 Å². The number of hydrogen-bond acceptors (Lipinski definition) is 3. The normalized spacial score (nSPS) is 21.7. The largest absolute Gasteiger partial charge is 0.481 e. The molecule has 96 valence electrons. The smallest absolute Gasteiger partial charge is 0.314 e. The molecule has 0 spiro atoms. The fourth-order valence-corrected chi connectivity index (χ4v) is 2.67. The molecule has 4 nitrogen and oxygen atoms in total. The highest BCUT2D eigenvalue weighted by atomic mass is 16.4. The van der Waals surface area contributed by atoms with Crippen LogP contribution in [-0.4, -0.2) is 37.3 Å². The van der Waals surface area contributed by atoms with E-state index in [-0.39, 0.29) is 0 Å². The summed E-state index contributed by atoms with van der Waals surface area (Å²) in [5.41, 5.74) is 1.52. The number of carboxylic acid groups (broad SMARTS) is 1. The van der Waals surface area contributed by atoms with Crippen molar-refractivity contribution in [3.63, 3.8) is 0 Å². The van der Waals surface area contributed by atoms with Gasteiger partial charge in [0.2, 0.25) is 0 Å². The van der Waals surface area contributed by atoms with Crippen molar-refractivity contribution in [2.75, 3.05) is 31.1 Å². The quantitative estimate of drug-likeness (QED) is 0.842. The average molecular weight is 246 g/mol. The van der Waals surface area contributed by atoms with Crippen LogP contribution in [0.1, 0.15) is 18.4 Å². The SMILES string of the molecule is O=C(O)C1(c2cccc(N3CCNCC3)c2)CC1. The maximum atomic E-state index is 11.3. The Morgan fingerprint density at radius 3 is 2.61 bits per heavy atom. The fourth-order valence-electron chi connectivity index (χ4n) is 2.67. The number of nitrogens with one attached hydrogen (secondary N) is 1. The van der Waals surface area contributed by atoms with Gasteiger partial charge in [-0.05, 0) is 30.5 Å². The molecule has 1 heterocycles. The molecule has 1 aromatic carbocycles. The average Bonchev–Trinajstić information content (AvgIpc) is 3.21. The lowest BCUT2D eigenvalue weighted by atomic mass is 9.95. The Kier molecular flexibility index (Phi) is 2.74. The van der Waals surface area contributed by atoms with Crippen molar-refractivity contribution in [3.8, 4) is 0 Å². The van der Waals surface area contributed by atoms with Crippen LogP contribution >= 0.6 is 0 Å². The number of aliphatic carboxylic acids is 1. The molecule has 1 saturated heterocycles. The number of carboxylic acids is 1. The first-order valence-electron chi connectivity index (χ1n) is 6.52. The highest BCUT2D eigenvalue weighted by molar-refractivity contribution is 5.85. The van der Waals surface area contributed by atoms with Gasteiger partial charge >= 0.3 is 5.97 Å². The van der Waals surface area contributed by atoms with Gasteiger partial charge in [0.05, 0.1) is 5.41 Å². The molecule has 1 aliphatic heterocycles. The molecule has 18 heavy (non-hydrogen) atoms. The van der Waals surface area contributed by atoms with Gasteiger partial charge in [-0.1, -0.05) is 12.1 Å². The van der Waals surface area contributed by atoms with E-state index < -0.39 is 11.4 Å². The summed E-state index contributed by atoms with van der Waals surface area (Å²) in [5.74, 6) is -0.681. The summed E-state index contributed by atoms with van der Waals surface area (Å²) >= 11 is 0. The van der Waals surface area contributed by atoms with Crippen molar-refractivity contribution < 1.29 is 9.90 Å². The Morgan fingerprint density at radius 1 is 1.28 bits per heavy atom. The molecule has 0 amide bonds. The Labute approximate surface area is 107 Å². The van der Waals surface area contributed by atoms with Crippen LogP contribution in [0, 0.1) is 0 Å². The van der Waals surface area contributed by atoms with Crippen LogP contribution in [0.3, 0.4) is 0 Å². The van der Waals surface area contributed by atoms with Gasteiger partial charge in [-0.2, -0.15) is 0 Å². The number of anilines is 1. The summed E-state index contributed by atoms with van der Waals surface area (Å²) in [6.45, 7) is 3.97. The lowest BCUT2D eigenvalue weighted by Crippen LogP contribution is -2.43. The van der Waals surface area contributed by atoms with E-state index in [1.165, 1.54) is 0 Å². The summed E-state index contributed by atoms with van der Waals surface area (Å²) in [4.78, 5) is 13.7. The summed E-state index contributed by atoms with van der Waals surface area (Å²) in [5, 5.41) is 12.7. The minimum Gasteiger partial charge on any atom is -0.481 e. The Balaban J connectivity index is 1.87. The van der Waals surface area contributed by atoms with E-state index in [1.807, 2.05) is 12.1 Å². The van der Waals surface area contributed by atoms with Crippen molar-refractivity contribution in [1.29, 1.82) is 0 Å². The number of hydrogen-bond donors (Lipinski definition) is 2. The first-order valence-corrected chi connectivity index (χ1v) is 6.52. The van der Waals surface area contributed by atoms with Gasteiger partial charge in [0.25, 0.3) is 0 Å². The van der Waals surface area contributed by atoms with Gasteiger partial charge < -0.3 is 15.3 Å². The highest BCUT2D eigenvalue weighted by Gasteiger charge is 2.51. The number of carbonyl (C=O) groups is 1. The maximum absolute atomic E-state index is 11.3. The third-order valence-electron chi connectivity index (χ3n) is 4.04. The molecule has 1 aromatic rings. The van der Waals surface area contributed by atoms with Gasteiger partial charge in [0.1, 0.15) is 0 Å². The maximum Gasteiger partial charge on any atom is 0.314 e. The molecule has 3 rings (SSSR count). The lowest BCUT2D eigenvalue weighted by molar-refractivity contribution is -0.140. The minimum absolute atomic E-state index is 0.593. The third kappa shape index (κ3) is 1.86. The lowest BCUT2D eigenvalue weighted by Gasteiger charge is -2.30. The van der Waals surface area contributed by atoms with Crippen LogP contribution in [0.2, 0.25) is 0 Å². The number of benzene rings is 1. The number of piperazine rings is 1. The molecule has 0 aromatic heterocycles. The van der Waals surface area contributed by atoms with E-state index in [4.69, 9.17) is 0 Å². The molecule has 1 aliphatic carbocycles. The second-order valence-corrected chi connectivity index (χ2v) is 5.17. The monoisotopic (exact) mass is 246 g/mol. The van der Waals surface area contributed by atoms with Crippen molar-refractivity contribution in [3.05, 3.63) is 29.8 Å². The van der Waals surface area contributed by atoms with Gasteiger partial charge in [-0.3, -0.25) is 4.79 Å². The molecule has 0 bridgehead atoms. The number of nitrogens with zero attached hydrogens (tertiary/aromatic N) is 1. The van der Waals surface area contributed by atoms with Crippen molar-refractivity contribution in [2.24, 2.45) is 0 Å². The van der Waals surface area contributed by atoms with Crippen molar-refractivity contribution in [1.82, 2.24) is 5.32 Å². The molecule has 0 unspecified atom stereocenters. The summed E-state index contributed by atoms with van der Waals surface area (Å²) in [7, 11) is 0. The molecular formula is C14H18N2O2. The van der Waals surface area contributed by atoms with Gasteiger partial charge in [0.15, 0.2) is 0 Å². The molecule has 1 saturated carbocycles. The second-order valence-electron chi connectivity index (χ2n) is 5.17. The van der Waals surface area contributed by atoms with E-state index in [9.17, 15) is 9.90 Å². The first kappa shape index (κ1) is 11.5. The molecule has 4 heteroatoms. The van der Waals surface area contributed by atoms with Gasteiger partial charge in [-0.15, -0.1) is 0 Å². The third-order valence-corrected chi connectivity index (χ3v) is 4.04. The minimum atomic E-state index is -0.681. The van der Waals surface area contributed by atoms with Gasteiger partial charge in [0, 0.05) is 31.9 Å². The highest BCUT2D eigenvalue weighted by Crippen LogP contribution is 2.49. The Hall–Kier alpha value is -1.55. The van der Waals surface area contributed by atoms with E-state index in [0.29, 0.717) is 0 Å². The summed E-state index contributed by atoms with van der Waals surface area (Å²) in [6.07, 6.45) is 1.54. The zero-order chi connectivity index (χ0) is 12.6. The zero-order valence-corrected chi connectivity index (χ0v) is 10.4.